The number of halogens is 1. The van der Waals surface area contributed by atoms with E-state index in [2.05, 4.69) is 29.9 Å². The van der Waals surface area contributed by atoms with E-state index >= 15 is 0 Å². The number of rotatable bonds is 4. The van der Waals surface area contributed by atoms with Crippen LogP contribution in [-0.2, 0) is 6.42 Å². The Labute approximate surface area is 102 Å². The maximum Gasteiger partial charge on any atom is 0.131 e. The Bertz CT molecular complexity index is 372. The number of hydrogen-bond acceptors (Lipinski definition) is 2. The van der Waals surface area contributed by atoms with Crippen molar-refractivity contribution < 1.29 is 0 Å². The third-order valence-corrected chi connectivity index (χ3v) is 3.49. The minimum Gasteiger partial charge on any atom is -0.238 e. The summed E-state index contributed by atoms with van der Waals surface area (Å²) in [4.78, 5) is 9.03. The smallest absolute Gasteiger partial charge is 0.131 e. The van der Waals surface area contributed by atoms with Gasteiger partial charge in [0, 0.05) is 29.1 Å². The van der Waals surface area contributed by atoms with Crippen molar-refractivity contribution in [1.82, 2.24) is 9.97 Å². The van der Waals surface area contributed by atoms with Gasteiger partial charge in [-0.2, -0.15) is 0 Å². The monoisotopic (exact) mass is 238 g/mol. The Kier molecular flexibility index (Phi) is 3.48. The van der Waals surface area contributed by atoms with Gasteiger partial charge in [-0.05, 0) is 31.7 Å². The topological polar surface area (TPSA) is 25.8 Å². The van der Waals surface area contributed by atoms with Crippen LogP contribution in [0.4, 0.5) is 0 Å². The van der Waals surface area contributed by atoms with E-state index < -0.39 is 0 Å². The number of nitrogens with zero attached hydrogens (tertiary/aromatic N) is 2. The van der Waals surface area contributed by atoms with Crippen molar-refractivity contribution >= 4 is 11.6 Å². The molecule has 0 bridgehead atoms. The Morgan fingerprint density at radius 1 is 1.38 bits per heavy atom. The molecule has 16 heavy (non-hydrogen) atoms. The van der Waals surface area contributed by atoms with Crippen molar-refractivity contribution in [3.05, 3.63) is 23.3 Å². The molecule has 1 aliphatic carbocycles. The highest BCUT2D eigenvalue weighted by Crippen LogP contribution is 2.37. The number of alkyl halides is 1. The molecule has 0 spiro atoms. The second-order valence-corrected chi connectivity index (χ2v) is 5.63. The van der Waals surface area contributed by atoms with E-state index in [-0.39, 0.29) is 5.38 Å². The third-order valence-electron chi connectivity index (χ3n) is 2.98. The van der Waals surface area contributed by atoms with Crippen LogP contribution >= 0.6 is 11.6 Å². The van der Waals surface area contributed by atoms with Gasteiger partial charge in [-0.25, -0.2) is 9.97 Å². The Morgan fingerprint density at radius 3 is 2.62 bits per heavy atom. The second kappa shape index (κ2) is 4.70. The fourth-order valence-electron chi connectivity index (χ4n) is 1.85. The molecule has 1 saturated carbocycles. The van der Waals surface area contributed by atoms with E-state index in [1.54, 1.807) is 0 Å². The molecule has 1 aromatic rings. The second-order valence-electron chi connectivity index (χ2n) is 5.07. The van der Waals surface area contributed by atoms with E-state index in [4.69, 9.17) is 11.6 Å². The van der Waals surface area contributed by atoms with Gasteiger partial charge in [0.2, 0.25) is 0 Å². The van der Waals surface area contributed by atoms with Gasteiger partial charge in [-0.15, -0.1) is 11.6 Å². The molecule has 1 atom stereocenters. The molecule has 1 heterocycles. The van der Waals surface area contributed by atoms with Crippen LogP contribution in [0.5, 0.6) is 0 Å². The number of aryl methyl sites for hydroxylation is 1. The molecule has 0 aliphatic heterocycles. The Balaban J connectivity index is 2.13. The molecule has 0 aromatic carbocycles. The lowest BCUT2D eigenvalue weighted by Crippen LogP contribution is -2.10. The van der Waals surface area contributed by atoms with Crippen LogP contribution in [0.1, 0.15) is 49.8 Å². The Morgan fingerprint density at radius 2 is 2.06 bits per heavy atom. The highest BCUT2D eigenvalue weighted by molar-refractivity contribution is 6.21. The van der Waals surface area contributed by atoms with Crippen LogP contribution in [0.3, 0.4) is 0 Å². The van der Waals surface area contributed by atoms with Gasteiger partial charge in [0.25, 0.3) is 0 Å². The average Bonchev–Trinajstić information content (AvgIpc) is 2.99. The molecular formula is C13H19ClN2. The predicted octanol–water partition coefficient (Wildman–Crippen LogP) is 3.47. The predicted molar refractivity (Wildman–Crippen MR) is 66.9 cm³/mol. The summed E-state index contributed by atoms with van der Waals surface area (Å²) in [6, 6.07) is 2.06. The molecule has 0 radical (unpaired) electrons. The first-order valence-corrected chi connectivity index (χ1v) is 6.48. The van der Waals surface area contributed by atoms with Crippen molar-refractivity contribution in [2.24, 2.45) is 5.92 Å². The van der Waals surface area contributed by atoms with E-state index in [0.717, 1.165) is 29.6 Å². The van der Waals surface area contributed by atoms with Gasteiger partial charge in [0.1, 0.15) is 5.82 Å². The lowest BCUT2D eigenvalue weighted by Gasteiger charge is -2.11. The number of aromatic nitrogens is 2. The van der Waals surface area contributed by atoms with Crippen LogP contribution in [0, 0.1) is 12.8 Å². The zero-order valence-electron chi connectivity index (χ0n) is 10.2. The summed E-state index contributed by atoms with van der Waals surface area (Å²) >= 11 is 6.34. The van der Waals surface area contributed by atoms with Gasteiger partial charge in [-0.3, -0.25) is 0 Å². The zero-order chi connectivity index (χ0) is 11.7. The van der Waals surface area contributed by atoms with E-state index in [1.165, 1.54) is 12.8 Å². The van der Waals surface area contributed by atoms with Crippen molar-refractivity contribution in [1.29, 1.82) is 0 Å². The number of hydrogen-bond donors (Lipinski definition) is 0. The largest absolute Gasteiger partial charge is 0.238 e. The normalized spacial score (nSPS) is 17.8. The highest BCUT2D eigenvalue weighted by atomic mass is 35.5. The Hall–Kier alpha value is -0.630. The molecular weight excluding hydrogens is 220 g/mol. The summed E-state index contributed by atoms with van der Waals surface area (Å²) in [6.45, 7) is 6.27. The quantitative estimate of drug-likeness (QED) is 0.751. The molecule has 1 unspecified atom stereocenters. The highest BCUT2D eigenvalue weighted by Gasteiger charge is 2.30. The first-order chi connectivity index (χ1) is 7.56. The summed E-state index contributed by atoms with van der Waals surface area (Å²) in [6.07, 6.45) is 3.46. The average molecular weight is 239 g/mol. The molecule has 2 nitrogen and oxygen atoms in total. The first-order valence-electron chi connectivity index (χ1n) is 6.05. The summed E-state index contributed by atoms with van der Waals surface area (Å²) in [5, 5.41) is 0.259. The van der Waals surface area contributed by atoms with Gasteiger partial charge >= 0.3 is 0 Å². The van der Waals surface area contributed by atoms with E-state index in [0.29, 0.717) is 5.92 Å². The summed E-state index contributed by atoms with van der Waals surface area (Å²) < 4.78 is 0. The van der Waals surface area contributed by atoms with Gasteiger partial charge in [-0.1, -0.05) is 13.8 Å². The fourth-order valence-corrected chi connectivity index (χ4v) is 2.26. The van der Waals surface area contributed by atoms with E-state index in [1.807, 2.05) is 6.92 Å². The van der Waals surface area contributed by atoms with Gasteiger partial charge in [0.15, 0.2) is 0 Å². The van der Waals surface area contributed by atoms with Crippen LogP contribution in [-0.4, -0.2) is 15.3 Å². The summed E-state index contributed by atoms with van der Waals surface area (Å²) in [7, 11) is 0. The van der Waals surface area contributed by atoms with Gasteiger partial charge < -0.3 is 0 Å². The molecule has 3 heteroatoms. The maximum atomic E-state index is 6.34. The fraction of sp³-hybridized carbons (Fsp3) is 0.692. The van der Waals surface area contributed by atoms with Crippen molar-refractivity contribution in [3.8, 4) is 0 Å². The minimum atomic E-state index is 0.259. The molecule has 88 valence electrons. The van der Waals surface area contributed by atoms with Crippen LogP contribution in [0.15, 0.2) is 6.07 Å². The van der Waals surface area contributed by atoms with E-state index in [9.17, 15) is 0 Å². The van der Waals surface area contributed by atoms with Crippen LogP contribution in [0.25, 0.3) is 0 Å². The summed E-state index contributed by atoms with van der Waals surface area (Å²) in [5.74, 6) is 2.04. The minimum absolute atomic E-state index is 0.259. The molecule has 0 saturated heterocycles. The molecule has 1 aromatic heterocycles. The first kappa shape index (κ1) is 11.8. The van der Waals surface area contributed by atoms with Gasteiger partial charge in [0.05, 0.1) is 0 Å². The standard InChI is InChI=1S/C13H19ClN2/c1-8(2)13-15-9(3)6-11(16-13)7-12(14)10-4-5-10/h6,8,10,12H,4-5,7H2,1-3H3. The molecule has 2 rings (SSSR count). The lowest BCUT2D eigenvalue weighted by atomic mass is 10.1. The summed E-state index contributed by atoms with van der Waals surface area (Å²) in [5.41, 5.74) is 2.15. The molecule has 0 N–H and O–H groups in total. The SMILES string of the molecule is Cc1cc(CC(Cl)C2CC2)nc(C(C)C)n1. The van der Waals surface area contributed by atoms with Crippen molar-refractivity contribution in [2.75, 3.05) is 0 Å². The maximum absolute atomic E-state index is 6.34. The zero-order valence-corrected chi connectivity index (χ0v) is 11.0. The molecule has 1 fully saturated rings. The van der Waals surface area contributed by atoms with Crippen molar-refractivity contribution in [2.45, 2.75) is 51.3 Å². The lowest BCUT2D eigenvalue weighted by molar-refractivity contribution is 0.697. The third kappa shape index (κ3) is 2.94. The molecule has 1 aliphatic rings. The molecule has 0 amide bonds. The van der Waals surface area contributed by atoms with Crippen LogP contribution < -0.4 is 0 Å². The van der Waals surface area contributed by atoms with Crippen LogP contribution in [0.2, 0.25) is 0 Å². The van der Waals surface area contributed by atoms with Crippen molar-refractivity contribution in [3.63, 3.8) is 0 Å².